The van der Waals surface area contributed by atoms with Crippen LogP contribution in [0.1, 0.15) is 26.0 Å². The molecule has 19 nitrogen and oxygen atoms in total. The predicted molar refractivity (Wildman–Crippen MR) is 177 cm³/mol. The number of aromatic nitrogens is 4. The molecule has 1 fully saturated rings. The Bertz CT molecular complexity index is 1950. The number of ether oxygens (including phenoxy) is 1. The van der Waals surface area contributed by atoms with Crippen LogP contribution in [-0.4, -0.2) is 95.9 Å². The number of oxime groups is 1. The van der Waals surface area contributed by atoms with Gasteiger partial charge in [0, 0.05) is 30.8 Å². The first-order chi connectivity index (χ1) is 23.7. The maximum absolute atomic E-state index is 13.4. The quantitative estimate of drug-likeness (QED) is 0.0398. The Kier molecular flexibility index (Phi) is 10.8. The Hall–Kier alpha value is -4.99. The van der Waals surface area contributed by atoms with Crippen molar-refractivity contribution < 1.29 is 48.3 Å². The first-order valence-corrected chi connectivity index (χ1v) is 17.0. The first kappa shape index (κ1) is 36.3. The van der Waals surface area contributed by atoms with Gasteiger partial charge in [-0.2, -0.15) is 0 Å². The van der Waals surface area contributed by atoms with E-state index in [1.165, 1.54) is 25.6 Å². The van der Waals surface area contributed by atoms with E-state index in [0.29, 0.717) is 29.7 Å². The Morgan fingerprint density at radius 1 is 1.30 bits per heavy atom. The molecular weight excluding hydrogens is 720 g/mol. The molecule has 5 rings (SSSR count). The van der Waals surface area contributed by atoms with Crippen molar-refractivity contribution in [2.45, 2.75) is 56.9 Å². The van der Waals surface area contributed by atoms with Crippen molar-refractivity contribution in [2.75, 3.05) is 23.8 Å². The fourth-order valence-corrected chi connectivity index (χ4v) is 7.42. The molecule has 0 spiro atoms. The fourth-order valence-electron chi connectivity index (χ4n) is 5.16. The lowest BCUT2D eigenvalue weighted by Gasteiger charge is -2.50. The van der Waals surface area contributed by atoms with Crippen molar-refractivity contribution in [1.82, 2.24) is 24.8 Å². The lowest BCUT2D eigenvalue weighted by molar-refractivity contribution is -0.664. The highest BCUT2D eigenvalue weighted by atomic mass is 35.5. The second-order valence-corrected chi connectivity index (χ2v) is 13.9. The molecule has 266 valence electrons. The summed E-state index contributed by atoms with van der Waals surface area (Å²) in [6.07, 6.45) is 0.674. The van der Waals surface area contributed by atoms with Gasteiger partial charge in [-0.3, -0.25) is 23.9 Å². The van der Waals surface area contributed by atoms with Crippen LogP contribution in [0.3, 0.4) is 0 Å². The van der Waals surface area contributed by atoms with Crippen molar-refractivity contribution in [1.29, 1.82) is 0 Å². The summed E-state index contributed by atoms with van der Waals surface area (Å²) in [5.41, 5.74) is 18.4. The minimum atomic E-state index is -1.59. The molecule has 2 amide bonds. The van der Waals surface area contributed by atoms with Gasteiger partial charge in [0.25, 0.3) is 11.8 Å². The molecule has 0 saturated carbocycles. The number of hydrogen-bond donors (Lipinski definition) is 5. The molecular formula is C28H31ClN10O9S2. The van der Waals surface area contributed by atoms with Crippen LogP contribution in [0, 0.1) is 0 Å². The van der Waals surface area contributed by atoms with Gasteiger partial charge in [0.15, 0.2) is 10.8 Å². The molecule has 1 unspecified atom stereocenters. The van der Waals surface area contributed by atoms with E-state index in [-0.39, 0.29) is 45.7 Å². The number of aryl methyl sites for hydroxylation is 1. The highest BCUT2D eigenvalue weighted by Crippen LogP contribution is 2.40. The van der Waals surface area contributed by atoms with Crippen molar-refractivity contribution >= 4 is 92.4 Å². The van der Waals surface area contributed by atoms with Crippen LogP contribution in [0.4, 0.5) is 11.1 Å². The van der Waals surface area contributed by atoms with Gasteiger partial charge in [0.2, 0.25) is 6.10 Å². The molecule has 2 aliphatic heterocycles. The second kappa shape index (κ2) is 14.9. The summed E-state index contributed by atoms with van der Waals surface area (Å²) in [6.45, 7) is 2.91. The molecule has 0 aliphatic carbocycles. The number of nitrogen functional groups attached to an aromatic ring is 2. The molecule has 0 radical (unpaired) electrons. The van der Waals surface area contributed by atoms with Gasteiger partial charge in [-0.1, -0.05) is 28.1 Å². The number of aliphatic carboxylic acids is 2. The number of nitrogens with zero attached hydrogens (tertiary/aromatic N) is 6. The summed E-state index contributed by atoms with van der Waals surface area (Å²) >= 11 is 8.21. The SMILES string of the molecule is CC(=O)OC[C@@H](N)CCn1c(N)nc2c1ccc[n+]2CC1=C(C(=O)[O-])N2C(=O)[C@@H](NC(=O)/C(=N\O[C@@H](C)C(=O)O)c3nc(N)sc3Cl)C2SC1. The summed E-state index contributed by atoms with van der Waals surface area (Å²) in [4.78, 5) is 75.9. The van der Waals surface area contributed by atoms with Crippen LogP contribution >= 0.6 is 34.7 Å². The molecule has 4 atom stereocenters. The number of esters is 1. The van der Waals surface area contributed by atoms with Crippen molar-refractivity contribution in [3.05, 3.63) is 39.6 Å². The molecule has 0 bridgehead atoms. The number of β-lactam (4-membered cyclic amide) rings is 1. The average molecular weight is 751 g/mol. The number of carboxylic acid groups (broad SMARTS) is 2. The standard InChI is InChI=1S/C28H31ClN10O9S2/c1-11(25(43)44)48-36-17(16-20(29)50-28(32)34-16)22(41)33-18-23(42)39-19(26(45)46)13(10-49-24(18)39)8-37-6-3-4-15-21(37)35-27(31)38(15)7-5-14(30)9-47-12(2)40/h3-4,6,11,14,18,24,31H,5,7-10,30H2,1-2H3,(H5,32,33,34,41,43,44,45,46)/b36-17-/t11-,14-,18+,24?/m0/s1. The number of pyridine rings is 1. The second-order valence-electron chi connectivity index (χ2n) is 11.1. The predicted octanol–water partition coefficient (Wildman–Crippen LogP) is -1.82. The van der Waals surface area contributed by atoms with Crippen molar-refractivity contribution in [3.8, 4) is 0 Å². The molecule has 1 saturated heterocycles. The van der Waals surface area contributed by atoms with Gasteiger partial charge in [-0.25, -0.2) is 14.3 Å². The zero-order valence-electron chi connectivity index (χ0n) is 26.4. The Morgan fingerprint density at radius 2 is 2.04 bits per heavy atom. The maximum Gasteiger partial charge on any atom is 0.351 e. The molecule has 5 heterocycles. The van der Waals surface area contributed by atoms with E-state index >= 15 is 0 Å². The normalized spacial score (nSPS) is 18.7. The highest BCUT2D eigenvalue weighted by Gasteiger charge is 2.53. The average Bonchev–Trinajstić information content (AvgIpc) is 3.57. The van der Waals surface area contributed by atoms with Crippen molar-refractivity contribution in [2.24, 2.45) is 10.9 Å². The van der Waals surface area contributed by atoms with E-state index in [9.17, 15) is 29.1 Å². The van der Waals surface area contributed by atoms with E-state index in [1.54, 1.807) is 27.5 Å². The number of rotatable bonds is 14. The van der Waals surface area contributed by atoms with E-state index < -0.39 is 59.0 Å². The van der Waals surface area contributed by atoms with E-state index in [4.69, 9.17) is 43.5 Å². The van der Waals surface area contributed by atoms with Gasteiger partial charge in [-0.05, 0) is 30.5 Å². The van der Waals surface area contributed by atoms with Crippen LogP contribution in [-0.2, 0) is 46.6 Å². The number of nitrogens with two attached hydrogens (primary N) is 3. The summed E-state index contributed by atoms with van der Waals surface area (Å²) in [7, 11) is 0. The molecule has 3 aromatic rings. The van der Waals surface area contributed by atoms with Crippen LogP contribution in [0.2, 0.25) is 4.34 Å². The van der Waals surface area contributed by atoms with Crippen LogP contribution in [0.15, 0.2) is 34.8 Å². The summed E-state index contributed by atoms with van der Waals surface area (Å²) in [5, 5.41) is 26.9. The molecule has 50 heavy (non-hydrogen) atoms. The molecule has 0 aromatic carbocycles. The summed E-state index contributed by atoms with van der Waals surface area (Å²) in [6, 6.07) is 1.89. The Balaban J connectivity index is 1.35. The number of carboxylic acids is 2. The topological polar surface area (TPSA) is 287 Å². The van der Waals surface area contributed by atoms with Gasteiger partial charge >= 0.3 is 23.5 Å². The van der Waals surface area contributed by atoms with Gasteiger partial charge in [0.1, 0.15) is 40.1 Å². The summed E-state index contributed by atoms with van der Waals surface area (Å²) < 4.78 is 8.36. The number of hydrogen-bond acceptors (Lipinski definition) is 16. The molecule has 22 heteroatoms. The van der Waals surface area contributed by atoms with Crippen molar-refractivity contribution in [3.63, 3.8) is 0 Å². The highest BCUT2D eigenvalue weighted by molar-refractivity contribution is 8.00. The Morgan fingerprint density at radius 3 is 2.68 bits per heavy atom. The zero-order valence-corrected chi connectivity index (χ0v) is 28.8. The Labute approximate surface area is 296 Å². The lowest BCUT2D eigenvalue weighted by Crippen LogP contribution is -2.71. The van der Waals surface area contributed by atoms with E-state index in [0.717, 1.165) is 16.2 Å². The smallest absolute Gasteiger partial charge is 0.351 e. The van der Waals surface area contributed by atoms with Crippen LogP contribution in [0.5, 0.6) is 0 Å². The number of anilines is 2. The van der Waals surface area contributed by atoms with Gasteiger partial charge in [-0.15, -0.1) is 11.8 Å². The monoisotopic (exact) mass is 750 g/mol. The minimum Gasteiger partial charge on any atom is -0.543 e. The van der Waals surface area contributed by atoms with Gasteiger partial charge in [0.05, 0.1) is 17.9 Å². The zero-order chi connectivity index (χ0) is 36.4. The van der Waals surface area contributed by atoms with Crippen LogP contribution < -0.4 is 32.2 Å². The number of nitrogens with one attached hydrogen (secondary N) is 1. The van der Waals surface area contributed by atoms with Gasteiger partial charge < -0.3 is 47.1 Å². The molecule has 8 N–H and O–H groups in total. The molecule has 3 aromatic heterocycles. The molecule has 2 aliphatic rings. The largest absolute Gasteiger partial charge is 0.543 e. The number of amides is 2. The fraction of sp³-hybridized carbons (Fsp3) is 0.393. The lowest BCUT2D eigenvalue weighted by atomic mass is 10.0. The number of carbonyl (C=O) groups is 5. The number of thioether (sulfide) groups is 1. The maximum atomic E-state index is 13.4. The number of fused-ring (bicyclic) bond motifs is 2. The third kappa shape index (κ3) is 7.44. The van der Waals surface area contributed by atoms with E-state index in [2.05, 4.69) is 20.4 Å². The summed E-state index contributed by atoms with van der Waals surface area (Å²) in [5.74, 6) is -4.78. The third-order valence-electron chi connectivity index (χ3n) is 7.61. The number of imidazole rings is 1. The first-order valence-electron chi connectivity index (χ1n) is 14.8. The number of thiazole rings is 1. The van der Waals surface area contributed by atoms with Crippen LogP contribution in [0.25, 0.3) is 11.2 Å². The minimum absolute atomic E-state index is 0.00903. The number of halogens is 1. The van der Waals surface area contributed by atoms with E-state index in [1.807, 2.05) is 0 Å². The third-order valence-corrected chi connectivity index (χ3v) is 10.0. The number of carbonyl (C=O) groups excluding carboxylic acids is 4.